The van der Waals surface area contributed by atoms with Crippen molar-refractivity contribution in [2.24, 2.45) is 0 Å². The predicted molar refractivity (Wildman–Crippen MR) is 54.1 cm³/mol. The molecule has 0 amide bonds. The largest absolute Gasteiger partial charge is 0.506 e. The first-order chi connectivity index (χ1) is 7.41. The Bertz CT molecular complexity index is 397. The molecule has 7 heteroatoms. The molecule has 1 rings (SSSR count). The number of aliphatic carboxylic acids is 1. The molecule has 16 heavy (non-hydrogen) atoms. The van der Waals surface area contributed by atoms with Crippen molar-refractivity contribution in [2.45, 2.75) is 18.6 Å². The summed E-state index contributed by atoms with van der Waals surface area (Å²) in [6.07, 6.45) is -3.82. The summed E-state index contributed by atoms with van der Waals surface area (Å²) in [6.45, 7) is 0. The summed E-state index contributed by atoms with van der Waals surface area (Å²) >= 11 is 5.54. The van der Waals surface area contributed by atoms with E-state index in [1.54, 1.807) is 0 Å². The summed E-state index contributed by atoms with van der Waals surface area (Å²) in [5, 5.41) is 36.7. The highest BCUT2D eigenvalue weighted by Gasteiger charge is 2.25. The lowest BCUT2D eigenvalue weighted by Gasteiger charge is -2.16. The summed E-state index contributed by atoms with van der Waals surface area (Å²) in [7, 11) is 0. The summed E-state index contributed by atoms with van der Waals surface area (Å²) in [4.78, 5) is 13.9. The van der Waals surface area contributed by atoms with Crippen molar-refractivity contribution in [3.8, 4) is 5.75 Å². The average Bonchev–Trinajstić information content (AvgIpc) is 2.19. The summed E-state index contributed by atoms with van der Waals surface area (Å²) in [6, 6.07) is 2.50. The smallest absolute Gasteiger partial charge is 0.306 e. The second-order valence-electron chi connectivity index (χ2n) is 3.15. The summed E-state index contributed by atoms with van der Waals surface area (Å²) in [5.41, 5.74) is -0.249. The van der Waals surface area contributed by atoms with Gasteiger partial charge in [0, 0.05) is 0 Å². The van der Waals surface area contributed by atoms with Gasteiger partial charge in [-0.25, -0.2) is 4.98 Å². The minimum absolute atomic E-state index is 0.0226. The van der Waals surface area contributed by atoms with Gasteiger partial charge in [-0.1, -0.05) is 11.6 Å². The van der Waals surface area contributed by atoms with Crippen molar-refractivity contribution >= 4 is 17.6 Å². The number of aliphatic hydroxyl groups is 2. The van der Waals surface area contributed by atoms with Crippen molar-refractivity contribution < 1.29 is 25.2 Å². The molecule has 2 atom stereocenters. The van der Waals surface area contributed by atoms with E-state index in [0.717, 1.165) is 0 Å². The minimum atomic E-state index is -1.60. The quantitative estimate of drug-likeness (QED) is 0.570. The van der Waals surface area contributed by atoms with E-state index in [1.165, 1.54) is 12.1 Å². The molecule has 0 aliphatic heterocycles. The third-order valence-corrected chi connectivity index (χ3v) is 2.11. The zero-order valence-electron chi connectivity index (χ0n) is 8.04. The highest BCUT2D eigenvalue weighted by atomic mass is 35.5. The Balaban J connectivity index is 2.90. The predicted octanol–water partition coefficient (Wildman–Crippen LogP) is 0.310. The van der Waals surface area contributed by atoms with Crippen LogP contribution in [0.1, 0.15) is 18.2 Å². The SMILES string of the molecule is O=C(O)CC(O)C(O)c1nc(Cl)ccc1O. The van der Waals surface area contributed by atoms with Crippen molar-refractivity contribution in [2.75, 3.05) is 0 Å². The van der Waals surface area contributed by atoms with E-state index in [4.69, 9.17) is 16.7 Å². The van der Waals surface area contributed by atoms with Crippen LogP contribution in [0.4, 0.5) is 0 Å². The summed E-state index contributed by atoms with van der Waals surface area (Å²) < 4.78 is 0. The van der Waals surface area contributed by atoms with Crippen LogP contribution in [0.5, 0.6) is 5.75 Å². The average molecular weight is 248 g/mol. The number of aromatic hydroxyl groups is 1. The lowest BCUT2D eigenvalue weighted by Crippen LogP contribution is -2.22. The molecule has 0 saturated heterocycles. The number of carboxylic acids is 1. The van der Waals surface area contributed by atoms with Crippen LogP contribution >= 0.6 is 11.6 Å². The summed E-state index contributed by atoms with van der Waals surface area (Å²) in [5.74, 6) is -1.63. The van der Waals surface area contributed by atoms with Crippen LogP contribution in [0.25, 0.3) is 0 Å². The van der Waals surface area contributed by atoms with Gasteiger partial charge in [-0.2, -0.15) is 0 Å². The zero-order chi connectivity index (χ0) is 12.3. The Morgan fingerprint density at radius 2 is 2.06 bits per heavy atom. The van der Waals surface area contributed by atoms with Crippen molar-refractivity contribution in [1.82, 2.24) is 4.98 Å². The van der Waals surface area contributed by atoms with E-state index in [-0.39, 0.29) is 16.6 Å². The topological polar surface area (TPSA) is 111 Å². The van der Waals surface area contributed by atoms with E-state index in [2.05, 4.69) is 4.98 Å². The van der Waals surface area contributed by atoms with Gasteiger partial charge in [-0.05, 0) is 12.1 Å². The standard InChI is InChI=1S/C9H10ClNO5/c10-6-2-1-4(12)8(11-6)9(16)5(13)3-7(14)15/h1-2,5,9,12-13,16H,3H2,(H,14,15). The molecule has 0 saturated carbocycles. The van der Waals surface area contributed by atoms with Crippen LogP contribution in [0.3, 0.4) is 0 Å². The number of nitrogens with zero attached hydrogens (tertiary/aromatic N) is 1. The molecule has 2 unspecified atom stereocenters. The third kappa shape index (κ3) is 3.06. The molecule has 0 aliphatic carbocycles. The molecule has 6 nitrogen and oxygen atoms in total. The van der Waals surface area contributed by atoms with Crippen LogP contribution in [-0.2, 0) is 4.79 Å². The normalized spacial score (nSPS) is 14.4. The lowest BCUT2D eigenvalue weighted by atomic mass is 10.1. The molecule has 0 fully saturated rings. The fourth-order valence-electron chi connectivity index (χ4n) is 1.13. The number of pyridine rings is 1. The van der Waals surface area contributed by atoms with E-state index in [1.807, 2.05) is 0 Å². The first-order valence-corrected chi connectivity index (χ1v) is 4.73. The number of aromatic nitrogens is 1. The molecular weight excluding hydrogens is 238 g/mol. The number of rotatable bonds is 4. The molecular formula is C9H10ClNO5. The minimum Gasteiger partial charge on any atom is -0.506 e. The van der Waals surface area contributed by atoms with Crippen LogP contribution in [-0.4, -0.2) is 37.5 Å². The molecule has 1 aromatic rings. The molecule has 1 heterocycles. The monoisotopic (exact) mass is 247 g/mol. The maximum absolute atomic E-state index is 10.3. The van der Waals surface area contributed by atoms with Gasteiger partial charge < -0.3 is 20.4 Å². The van der Waals surface area contributed by atoms with Crippen molar-refractivity contribution in [3.05, 3.63) is 23.0 Å². The second kappa shape index (κ2) is 5.11. The van der Waals surface area contributed by atoms with Crippen molar-refractivity contribution in [3.63, 3.8) is 0 Å². The fourth-order valence-corrected chi connectivity index (χ4v) is 1.29. The third-order valence-electron chi connectivity index (χ3n) is 1.90. The van der Waals surface area contributed by atoms with Gasteiger partial charge in [0.15, 0.2) is 0 Å². The lowest BCUT2D eigenvalue weighted by molar-refractivity contribution is -0.141. The molecule has 88 valence electrons. The molecule has 0 aliphatic rings. The number of hydrogen-bond donors (Lipinski definition) is 4. The Kier molecular flexibility index (Phi) is 4.05. The number of carboxylic acid groups (broad SMARTS) is 1. The van der Waals surface area contributed by atoms with Gasteiger partial charge in [0.05, 0.1) is 12.5 Å². The highest BCUT2D eigenvalue weighted by molar-refractivity contribution is 6.29. The first kappa shape index (κ1) is 12.7. The number of halogens is 1. The first-order valence-electron chi connectivity index (χ1n) is 4.35. The van der Waals surface area contributed by atoms with Crippen molar-refractivity contribution in [1.29, 1.82) is 0 Å². The second-order valence-corrected chi connectivity index (χ2v) is 3.54. The number of hydrogen-bond acceptors (Lipinski definition) is 5. The Morgan fingerprint density at radius 1 is 1.44 bits per heavy atom. The number of aliphatic hydroxyl groups excluding tert-OH is 2. The molecule has 0 spiro atoms. The maximum atomic E-state index is 10.3. The molecule has 0 aromatic carbocycles. The van der Waals surface area contributed by atoms with E-state index in [9.17, 15) is 20.1 Å². The van der Waals surface area contributed by atoms with Crippen LogP contribution in [0, 0.1) is 0 Å². The van der Waals surface area contributed by atoms with E-state index < -0.39 is 24.6 Å². The molecule has 1 aromatic heterocycles. The van der Waals surface area contributed by atoms with Gasteiger partial charge in [-0.15, -0.1) is 0 Å². The van der Waals surface area contributed by atoms with E-state index in [0.29, 0.717) is 0 Å². The van der Waals surface area contributed by atoms with Gasteiger partial charge in [-0.3, -0.25) is 4.79 Å². The van der Waals surface area contributed by atoms with Crippen LogP contribution in [0.15, 0.2) is 12.1 Å². The zero-order valence-corrected chi connectivity index (χ0v) is 8.79. The molecule has 0 radical (unpaired) electrons. The van der Waals surface area contributed by atoms with Gasteiger partial charge in [0.1, 0.15) is 22.7 Å². The Hall–Kier alpha value is -1.37. The molecule has 0 bridgehead atoms. The van der Waals surface area contributed by atoms with E-state index >= 15 is 0 Å². The van der Waals surface area contributed by atoms with Gasteiger partial charge in [0.25, 0.3) is 0 Å². The van der Waals surface area contributed by atoms with Gasteiger partial charge >= 0.3 is 5.97 Å². The Labute approximate surface area is 95.8 Å². The highest BCUT2D eigenvalue weighted by Crippen LogP contribution is 2.27. The van der Waals surface area contributed by atoms with Gasteiger partial charge in [0.2, 0.25) is 0 Å². The molecule has 4 N–H and O–H groups in total. The number of carbonyl (C=O) groups is 1. The maximum Gasteiger partial charge on any atom is 0.306 e. The fraction of sp³-hybridized carbons (Fsp3) is 0.333. The van der Waals surface area contributed by atoms with Crippen LogP contribution < -0.4 is 0 Å². The Morgan fingerprint density at radius 3 is 2.62 bits per heavy atom. The van der Waals surface area contributed by atoms with Crippen LogP contribution in [0.2, 0.25) is 5.15 Å².